The molecule has 5 heteroatoms. The van der Waals surface area contributed by atoms with Crippen LogP contribution < -0.4 is 5.32 Å². The first-order chi connectivity index (χ1) is 9.13. The quantitative estimate of drug-likeness (QED) is 0.799. The van der Waals surface area contributed by atoms with E-state index in [0.717, 1.165) is 38.9 Å². The predicted molar refractivity (Wildman–Crippen MR) is 71.7 cm³/mol. The second-order valence-corrected chi connectivity index (χ2v) is 5.73. The number of carbonyl (C=O) groups is 2. The van der Waals surface area contributed by atoms with Gasteiger partial charge in [-0.25, -0.2) is 0 Å². The Balaban J connectivity index is 2.05. The molecule has 0 bridgehead atoms. The lowest BCUT2D eigenvalue weighted by Gasteiger charge is -2.25. The maximum absolute atomic E-state index is 12.6. The van der Waals surface area contributed by atoms with Crippen LogP contribution in [0.15, 0.2) is 0 Å². The molecule has 108 valence electrons. The van der Waals surface area contributed by atoms with Crippen molar-refractivity contribution < 1.29 is 14.7 Å². The smallest absolute Gasteiger partial charge is 0.307 e. The summed E-state index contributed by atoms with van der Waals surface area (Å²) in [6.07, 6.45) is 3.33. The number of hydrogen-bond donors (Lipinski definition) is 2. The fourth-order valence-corrected chi connectivity index (χ4v) is 3.32. The summed E-state index contributed by atoms with van der Waals surface area (Å²) in [7, 11) is 0. The molecule has 0 spiro atoms. The van der Waals surface area contributed by atoms with Crippen molar-refractivity contribution in [1.82, 2.24) is 10.2 Å². The summed E-state index contributed by atoms with van der Waals surface area (Å²) >= 11 is 0. The first kappa shape index (κ1) is 14.3. The van der Waals surface area contributed by atoms with E-state index in [-0.39, 0.29) is 11.8 Å². The van der Waals surface area contributed by atoms with Gasteiger partial charge in [-0.15, -0.1) is 0 Å². The second-order valence-electron chi connectivity index (χ2n) is 5.73. The molecule has 2 aliphatic rings. The summed E-state index contributed by atoms with van der Waals surface area (Å²) in [4.78, 5) is 25.8. The van der Waals surface area contributed by atoms with Crippen molar-refractivity contribution in [3.05, 3.63) is 0 Å². The summed E-state index contributed by atoms with van der Waals surface area (Å²) < 4.78 is 0. The van der Waals surface area contributed by atoms with Crippen molar-refractivity contribution in [2.24, 2.45) is 17.8 Å². The molecular formula is C14H24N2O3. The van der Waals surface area contributed by atoms with Crippen molar-refractivity contribution >= 4 is 11.9 Å². The lowest BCUT2D eigenvalue weighted by atomic mass is 9.94. The molecule has 1 saturated carbocycles. The Labute approximate surface area is 114 Å². The topological polar surface area (TPSA) is 69.6 Å². The van der Waals surface area contributed by atoms with E-state index < -0.39 is 11.9 Å². The molecule has 1 heterocycles. The second kappa shape index (κ2) is 6.37. The number of nitrogens with one attached hydrogen (secondary N) is 1. The van der Waals surface area contributed by atoms with Gasteiger partial charge in [0, 0.05) is 19.6 Å². The van der Waals surface area contributed by atoms with Gasteiger partial charge >= 0.3 is 5.97 Å². The third-order valence-electron chi connectivity index (χ3n) is 4.52. The van der Waals surface area contributed by atoms with Crippen LogP contribution in [0, 0.1) is 17.8 Å². The van der Waals surface area contributed by atoms with Crippen LogP contribution in [0.1, 0.15) is 32.6 Å². The van der Waals surface area contributed by atoms with Gasteiger partial charge in [0.1, 0.15) is 0 Å². The third kappa shape index (κ3) is 3.26. The van der Waals surface area contributed by atoms with Crippen LogP contribution in [-0.2, 0) is 9.59 Å². The van der Waals surface area contributed by atoms with Gasteiger partial charge in [-0.3, -0.25) is 9.59 Å². The largest absolute Gasteiger partial charge is 0.481 e. The van der Waals surface area contributed by atoms with Gasteiger partial charge < -0.3 is 15.3 Å². The van der Waals surface area contributed by atoms with Gasteiger partial charge in [0.05, 0.1) is 11.8 Å². The molecule has 3 unspecified atom stereocenters. The Morgan fingerprint density at radius 3 is 2.63 bits per heavy atom. The zero-order valence-electron chi connectivity index (χ0n) is 11.6. The number of aliphatic carboxylic acids is 1. The number of rotatable bonds is 3. The first-order valence-corrected chi connectivity index (χ1v) is 7.35. The number of carboxylic acid groups (broad SMARTS) is 1. The summed E-state index contributed by atoms with van der Waals surface area (Å²) in [5, 5.41) is 12.6. The third-order valence-corrected chi connectivity index (χ3v) is 4.52. The fourth-order valence-electron chi connectivity index (χ4n) is 3.32. The molecular weight excluding hydrogens is 244 g/mol. The molecule has 3 atom stereocenters. The van der Waals surface area contributed by atoms with Crippen molar-refractivity contribution in [1.29, 1.82) is 0 Å². The minimum atomic E-state index is -0.803. The number of amides is 1. The lowest BCUT2D eigenvalue weighted by Crippen LogP contribution is -2.41. The number of carboxylic acids is 1. The lowest BCUT2D eigenvalue weighted by molar-refractivity contribution is -0.149. The monoisotopic (exact) mass is 268 g/mol. The molecule has 19 heavy (non-hydrogen) atoms. The van der Waals surface area contributed by atoms with E-state index in [9.17, 15) is 14.7 Å². The van der Waals surface area contributed by atoms with Gasteiger partial charge in [-0.1, -0.05) is 13.3 Å². The highest BCUT2D eigenvalue weighted by atomic mass is 16.4. The molecule has 1 saturated heterocycles. The minimum Gasteiger partial charge on any atom is -0.481 e. The summed E-state index contributed by atoms with van der Waals surface area (Å²) in [6.45, 7) is 5.29. The average Bonchev–Trinajstić information content (AvgIpc) is 2.65. The first-order valence-electron chi connectivity index (χ1n) is 7.35. The van der Waals surface area contributed by atoms with E-state index >= 15 is 0 Å². The Hall–Kier alpha value is -1.10. The van der Waals surface area contributed by atoms with Crippen molar-refractivity contribution in [3.63, 3.8) is 0 Å². The summed E-state index contributed by atoms with van der Waals surface area (Å²) in [5.41, 5.74) is 0. The minimum absolute atomic E-state index is 0.0621. The molecule has 0 aromatic heterocycles. The van der Waals surface area contributed by atoms with Crippen molar-refractivity contribution in [3.8, 4) is 0 Å². The molecule has 0 aromatic carbocycles. The van der Waals surface area contributed by atoms with Crippen LogP contribution in [0.3, 0.4) is 0 Å². The molecule has 2 fully saturated rings. The molecule has 2 N–H and O–H groups in total. The zero-order valence-corrected chi connectivity index (χ0v) is 11.6. The normalized spacial score (nSPS) is 32.1. The van der Waals surface area contributed by atoms with E-state index in [4.69, 9.17) is 0 Å². The van der Waals surface area contributed by atoms with Crippen LogP contribution in [0.2, 0.25) is 0 Å². The maximum Gasteiger partial charge on any atom is 0.307 e. The van der Waals surface area contributed by atoms with Crippen LogP contribution in [-0.4, -0.2) is 48.1 Å². The van der Waals surface area contributed by atoms with Gasteiger partial charge in [0.25, 0.3) is 0 Å². The maximum atomic E-state index is 12.6. The standard InChI is InChI=1S/C14H24N2O3/c1-2-10-8-11(12(9-10)14(18)19)13(17)16-6-3-4-15-5-7-16/h10-12,15H,2-9H2,1H3,(H,18,19). The summed E-state index contributed by atoms with van der Waals surface area (Å²) in [6, 6.07) is 0. The average molecular weight is 268 g/mol. The molecule has 0 radical (unpaired) electrons. The van der Waals surface area contributed by atoms with Crippen LogP contribution >= 0.6 is 0 Å². The van der Waals surface area contributed by atoms with Gasteiger partial charge in [-0.05, 0) is 31.7 Å². The number of nitrogens with zero attached hydrogens (tertiary/aromatic N) is 1. The molecule has 1 aliphatic carbocycles. The van der Waals surface area contributed by atoms with E-state index in [0.29, 0.717) is 18.9 Å². The molecule has 1 amide bonds. The van der Waals surface area contributed by atoms with Crippen LogP contribution in [0.4, 0.5) is 0 Å². The number of carbonyl (C=O) groups excluding carboxylic acids is 1. The highest BCUT2D eigenvalue weighted by Crippen LogP contribution is 2.39. The molecule has 1 aliphatic heterocycles. The van der Waals surface area contributed by atoms with E-state index in [1.54, 1.807) is 0 Å². The van der Waals surface area contributed by atoms with Gasteiger partial charge in [0.2, 0.25) is 5.91 Å². The Bertz CT molecular complexity index is 338. The molecule has 0 aromatic rings. The zero-order chi connectivity index (χ0) is 13.8. The van der Waals surface area contributed by atoms with E-state index in [2.05, 4.69) is 12.2 Å². The Morgan fingerprint density at radius 1 is 1.21 bits per heavy atom. The van der Waals surface area contributed by atoms with Crippen molar-refractivity contribution in [2.45, 2.75) is 32.6 Å². The molecule has 2 rings (SSSR count). The van der Waals surface area contributed by atoms with E-state index in [1.807, 2.05) is 4.90 Å². The number of hydrogen-bond acceptors (Lipinski definition) is 3. The Morgan fingerprint density at radius 2 is 1.95 bits per heavy atom. The SMILES string of the molecule is CCC1CC(C(=O)O)C(C(=O)N2CCCNCC2)C1. The molecule has 5 nitrogen and oxygen atoms in total. The summed E-state index contributed by atoms with van der Waals surface area (Å²) in [5.74, 6) is -1.14. The van der Waals surface area contributed by atoms with Crippen LogP contribution in [0.25, 0.3) is 0 Å². The van der Waals surface area contributed by atoms with Crippen LogP contribution in [0.5, 0.6) is 0 Å². The van der Waals surface area contributed by atoms with Gasteiger partial charge in [-0.2, -0.15) is 0 Å². The van der Waals surface area contributed by atoms with E-state index in [1.165, 1.54) is 0 Å². The highest BCUT2D eigenvalue weighted by Gasteiger charge is 2.43. The highest BCUT2D eigenvalue weighted by molar-refractivity contribution is 5.85. The van der Waals surface area contributed by atoms with Gasteiger partial charge in [0.15, 0.2) is 0 Å². The fraction of sp³-hybridized carbons (Fsp3) is 0.857. The predicted octanol–water partition coefficient (Wildman–Crippen LogP) is 0.945. The van der Waals surface area contributed by atoms with Crippen molar-refractivity contribution in [2.75, 3.05) is 26.2 Å². The Kier molecular flexibility index (Phi) is 4.80.